The highest BCUT2D eigenvalue weighted by atomic mass is 32.2. The second-order valence-corrected chi connectivity index (χ2v) is 5.26. The number of thioether (sulfide) groups is 1. The highest BCUT2D eigenvalue weighted by Gasteiger charge is 2.19. The minimum absolute atomic E-state index is 0.138. The molecule has 0 amide bonds. The summed E-state index contributed by atoms with van der Waals surface area (Å²) < 4.78 is 2.29. The maximum absolute atomic E-state index is 6.08. The molecule has 0 saturated carbocycles. The minimum atomic E-state index is 0.138. The van der Waals surface area contributed by atoms with Crippen LogP contribution in [-0.2, 0) is 0 Å². The van der Waals surface area contributed by atoms with Crippen LogP contribution >= 0.6 is 11.8 Å². The first-order valence-corrected chi connectivity index (χ1v) is 6.83. The van der Waals surface area contributed by atoms with Gasteiger partial charge in [0.1, 0.15) is 0 Å². The fraction of sp³-hybridized carbons (Fsp3) is 0.727. The molecule has 2 atom stereocenters. The van der Waals surface area contributed by atoms with E-state index >= 15 is 0 Å². The van der Waals surface area contributed by atoms with E-state index in [1.165, 1.54) is 30.0 Å². The number of hydrogen-bond acceptors (Lipinski definition) is 3. The summed E-state index contributed by atoms with van der Waals surface area (Å²) in [6.07, 6.45) is 7.43. The van der Waals surface area contributed by atoms with E-state index < -0.39 is 0 Å². The molecule has 0 bridgehead atoms. The van der Waals surface area contributed by atoms with Crippen molar-refractivity contribution in [3.05, 3.63) is 18.2 Å². The van der Waals surface area contributed by atoms with Crippen molar-refractivity contribution in [3.63, 3.8) is 0 Å². The van der Waals surface area contributed by atoms with Gasteiger partial charge in [0, 0.05) is 24.0 Å². The summed E-state index contributed by atoms with van der Waals surface area (Å²) in [5.41, 5.74) is 7.28. The van der Waals surface area contributed by atoms with Crippen molar-refractivity contribution >= 4 is 11.8 Å². The Morgan fingerprint density at radius 2 is 2.60 bits per heavy atom. The van der Waals surface area contributed by atoms with Gasteiger partial charge >= 0.3 is 0 Å². The molecular weight excluding hydrogens is 206 g/mol. The summed E-state index contributed by atoms with van der Waals surface area (Å²) >= 11 is 2.04. The normalized spacial score (nSPS) is 24.0. The summed E-state index contributed by atoms with van der Waals surface area (Å²) in [7, 11) is 0. The zero-order valence-corrected chi connectivity index (χ0v) is 10.0. The first kappa shape index (κ1) is 11.0. The summed E-state index contributed by atoms with van der Waals surface area (Å²) in [6.45, 7) is 2.12. The molecule has 1 saturated heterocycles. The standard InChI is InChI=1S/C11H19N3S/c1-2-10(12)11-6-13-8-14(11)9-4-3-5-15-7-9/h6,8-10H,2-5,7,12H2,1H3/t9?,10-/m1/s1. The van der Waals surface area contributed by atoms with Gasteiger partial charge in [0.25, 0.3) is 0 Å². The van der Waals surface area contributed by atoms with Gasteiger partial charge in [0.2, 0.25) is 0 Å². The van der Waals surface area contributed by atoms with Gasteiger partial charge in [-0.15, -0.1) is 0 Å². The Morgan fingerprint density at radius 1 is 1.73 bits per heavy atom. The molecule has 84 valence electrons. The molecule has 1 aromatic rings. The van der Waals surface area contributed by atoms with Gasteiger partial charge in [0.15, 0.2) is 0 Å². The van der Waals surface area contributed by atoms with Crippen LogP contribution in [0.5, 0.6) is 0 Å². The maximum Gasteiger partial charge on any atom is 0.0951 e. The zero-order valence-electron chi connectivity index (χ0n) is 9.22. The van der Waals surface area contributed by atoms with Crippen LogP contribution in [0.4, 0.5) is 0 Å². The Bertz CT molecular complexity index is 305. The van der Waals surface area contributed by atoms with E-state index in [2.05, 4.69) is 16.5 Å². The molecule has 4 heteroatoms. The quantitative estimate of drug-likeness (QED) is 0.859. The lowest BCUT2D eigenvalue weighted by atomic mass is 10.1. The van der Waals surface area contributed by atoms with Crippen LogP contribution in [0.1, 0.15) is 44.0 Å². The topological polar surface area (TPSA) is 43.8 Å². The number of nitrogens with two attached hydrogens (primary N) is 1. The molecule has 2 rings (SSSR count). The van der Waals surface area contributed by atoms with Crippen molar-refractivity contribution in [2.75, 3.05) is 11.5 Å². The monoisotopic (exact) mass is 225 g/mol. The van der Waals surface area contributed by atoms with E-state index in [0.717, 1.165) is 6.42 Å². The molecule has 1 aliphatic heterocycles. The first-order valence-electron chi connectivity index (χ1n) is 5.68. The molecule has 1 fully saturated rings. The second kappa shape index (κ2) is 5.03. The van der Waals surface area contributed by atoms with Crippen LogP contribution in [0, 0.1) is 0 Å². The summed E-state index contributed by atoms with van der Waals surface area (Å²) in [6, 6.07) is 0.748. The Kier molecular flexibility index (Phi) is 3.70. The Morgan fingerprint density at radius 3 is 3.27 bits per heavy atom. The van der Waals surface area contributed by atoms with Crippen molar-refractivity contribution < 1.29 is 0 Å². The summed E-state index contributed by atoms with van der Waals surface area (Å²) in [4.78, 5) is 4.24. The molecular formula is C11H19N3S. The highest BCUT2D eigenvalue weighted by molar-refractivity contribution is 7.99. The molecule has 1 aliphatic rings. The highest BCUT2D eigenvalue weighted by Crippen LogP contribution is 2.29. The Hall–Kier alpha value is -0.480. The number of aromatic nitrogens is 2. The van der Waals surface area contributed by atoms with Gasteiger partial charge in [-0.2, -0.15) is 11.8 Å². The number of rotatable bonds is 3. The number of hydrogen-bond donors (Lipinski definition) is 1. The van der Waals surface area contributed by atoms with Crippen LogP contribution in [0.3, 0.4) is 0 Å². The van der Waals surface area contributed by atoms with Crippen LogP contribution in [0.2, 0.25) is 0 Å². The lowest BCUT2D eigenvalue weighted by Gasteiger charge is -2.25. The van der Waals surface area contributed by atoms with Crippen molar-refractivity contribution in [3.8, 4) is 0 Å². The largest absolute Gasteiger partial charge is 0.329 e. The van der Waals surface area contributed by atoms with Crippen LogP contribution < -0.4 is 5.73 Å². The molecule has 1 unspecified atom stereocenters. The molecule has 1 aromatic heterocycles. The predicted molar refractivity (Wildman–Crippen MR) is 65.0 cm³/mol. The molecule has 2 heterocycles. The van der Waals surface area contributed by atoms with Gasteiger partial charge < -0.3 is 10.3 Å². The van der Waals surface area contributed by atoms with E-state index in [1.54, 1.807) is 0 Å². The molecule has 15 heavy (non-hydrogen) atoms. The molecule has 3 nitrogen and oxygen atoms in total. The van der Waals surface area contributed by atoms with Crippen molar-refractivity contribution in [1.82, 2.24) is 9.55 Å². The van der Waals surface area contributed by atoms with E-state index in [4.69, 9.17) is 5.73 Å². The fourth-order valence-corrected chi connectivity index (χ4v) is 3.20. The molecule has 0 aliphatic carbocycles. The Balaban J connectivity index is 2.15. The number of imidazole rings is 1. The average Bonchev–Trinajstić information content (AvgIpc) is 2.78. The third kappa shape index (κ3) is 2.37. The van der Waals surface area contributed by atoms with Gasteiger partial charge in [0.05, 0.1) is 12.0 Å². The fourth-order valence-electron chi connectivity index (χ4n) is 2.06. The SMILES string of the molecule is CC[C@@H](N)c1cncn1C1CCCSC1. The molecule has 2 N–H and O–H groups in total. The maximum atomic E-state index is 6.08. The van der Waals surface area contributed by atoms with Crippen LogP contribution in [0.25, 0.3) is 0 Å². The third-order valence-corrected chi connectivity index (χ3v) is 4.24. The van der Waals surface area contributed by atoms with Gasteiger partial charge in [-0.05, 0) is 25.0 Å². The second-order valence-electron chi connectivity index (χ2n) is 4.11. The van der Waals surface area contributed by atoms with Crippen LogP contribution in [-0.4, -0.2) is 21.1 Å². The molecule has 0 radical (unpaired) electrons. The predicted octanol–water partition coefficient (Wildman–Crippen LogP) is 2.36. The zero-order chi connectivity index (χ0) is 10.7. The van der Waals surface area contributed by atoms with E-state index in [0.29, 0.717) is 6.04 Å². The van der Waals surface area contributed by atoms with Crippen LogP contribution in [0.15, 0.2) is 12.5 Å². The molecule has 0 aromatic carbocycles. The smallest absolute Gasteiger partial charge is 0.0951 e. The van der Waals surface area contributed by atoms with E-state index in [-0.39, 0.29) is 6.04 Å². The summed E-state index contributed by atoms with van der Waals surface area (Å²) in [5.74, 6) is 2.51. The summed E-state index contributed by atoms with van der Waals surface area (Å²) in [5, 5.41) is 0. The lowest BCUT2D eigenvalue weighted by molar-refractivity contribution is 0.467. The van der Waals surface area contributed by atoms with E-state index in [9.17, 15) is 0 Å². The minimum Gasteiger partial charge on any atom is -0.329 e. The third-order valence-electron chi connectivity index (χ3n) is 3.05. The lowest BCUT2D eigenvalue weighted by Crippen LogP contribution is -2.21. The van der Waals surface area contributed by atoms with Gasteiger partial charge in [-0.1, -0.05) is 6.92 Å². The number of nitrogens with zero attached hydrogens (tertiary/aromatic N) is 2. The van der Waals surface area contributed by atoms with Crippen molar-refractivity contribution in [1.29, 1.82) is 0 Å². The van der Waals surface area contributed by atoms with Crippen molar-refractivity contribution in [2.24, 2.45) is 5.73 Å². The Labute approximate surface area is 95.4 Å². The van der Waals surface area contributed by atoms with E-state index in [1.807, 2.05) is 24.3 Å². The van der Waals surface area contributed by atoms with Gasteiger partial charge in [-0.25, -0.2) is 4.98 Å². The van der Waals surface area contributed by atoms with Crippen molar-refractivity contribution in [2.45, 2.75) is 38.3 Å². The average molecular weight is 225 g/mol. The van der Waals surface area contributed by atoms with Gasteiger partial charge in [-0.3, -0.25) is 0 Å². The molecule has 0 spiro atoms. The first-order chi connectivity index (χ1) is 7.33.